The van der Waals surface area contributed by atoms with Gasteiger partial charge in [0.2, 0.25) is 0 Å². The van der Waals surface area contributed by atoms with E-state index in [9.17, 15) is 14.4 Å². The van der Waals surface area contributed by atoms with Crippen LogP contribution in [0.25, 0.3) is 0 Å². The van der Waals surface area contributed by atoms with E-state index in [1.807, 2.05) is 12.2 Å². The lowest BCUT2D eigenvalue weighted by Crippen LogP contribution is -2.30. The monoisotopic (exact) mass is 849 g/mol. The molecule has 1 atom stereocenters. The average molecular weight is 849 g/mol. The quantitative estimate of drug-likeness (QED) is 0.0263. The van der Waals surface area contributed by atoms with Crippen LogP contribution in [0.4, 0.5) is 0 Å². The van der Waals surface area contributed by atoms with Gasteiger partial charge in [-0.15, -0.1) is 0 Å². The van der Waals surface area contributed by atoms with Gasteiger partial charge in [-0.2, -0.15) is 0 Å². The summed E-state index contributed by atoms with van der Waals surface area (Å²) >= 11 is 0. The van der Waals surface area contributed by atoms with Gasteiger partial charge in [0.25, 0.3) is 0 Å². The molecule has 348 valence electrons. The molecule has 0 amide bonds. The Morgan fingerprint density at radius 1 is 0.344 bits per heavy atom. The highest BCUT2D eigenvalue weighted by atomic mass is 16.6. The smallest absolute Gasteiger partial charge is 0.306 e. The molecular formula is C55H92O6. The fraction of sp³-hybridized carbons (Fsp3) is 0.691. The van der Waals surface area contributed by atoms with E-state index in [4.69, 9.17) is 14.2 Å². The van der Waals surface area contributed by atoms with E-state index in [0.29, 0.717) is 19.3 Å². The summed E-state index contributed by atoms with van der Waals surface area (Å²) in [6, 6.07) is 0. The Bertz CT molecular complexity index is 1200. The second-order valence-electron chi connectivity index (χ2n) is 16.3. The molecule has 0 aromatic heterocycles. The van der Waals surface area contributed by atoms with Gasteiger partial charge in [-0.25, -0.2) is 0 Å². The third-order valence-electron chi connectivity index (χ3n) is 10.4. The fourth-order valence-corrected chi connectivity index (χ4v) is 6.64. The number of allylic oxidation sites excluding steroid dienone is 14. The Labute approximate surface area is 375 Å². The van der Waals surface area contributed by atoms with Crippen molar-refractivity contribution in [3.05, 3.63) is 85.1 Å². The second kappa shape index (κ2) is 49.2. The van der Waals surface area contributed by atoms with Crippen molar-refractivity contribution in [2.75, 3.05) is 13.2 Å². The predicted molar refractivity (Wildman–Crippen MR) is 261 cm³/mol. The van der Waals surface area contributed by atoms with Crippen LogP contribution in [0.5, 0.6) is 0 Å². The highest BCUT2D eigenvalue weighted by Gasteiger charge is 2.19. The van der Waals surface area contributed by atoms with Gasteiger partial charge in [0.05, 0.1) is 0 Å². The van der Waals surface area contributed by atoms with Crippen molar-refractivity contribution in [2.24, 2.45) is 0 Å². The zero-order valence-electron chi connectivity index (χ0n) is 39.7. The van der Waals surface area contributed by atoms with Crippen LogP contribution in [-0.2, 0) is 28.6 Å². The molecule has 6 heteroatoms. The van der Waals surface area contributed by atoms with Crippen molar-refractivity contribution < 1.29 is 28.6 Å². The summed E-state index contributed by atoms with van der Waals surface area (Å²) in [5.41, 5.74) is 0. The van der Waals surface area contributed by atoms with Gasteiger partial charge < -0.3 is 14.2 Å². The van der Waals surface area contributed by atoms with Gasteiger partial charge in [0.1, 0.15) is 13.2 Å². The first kappa shape index (κ1) is 57.6. The van der Waals surface area contributed by atoms with Crippen molar-refractivity contribution in [3.63, 3.8) is 0 Å². The third-order valence-corrected chi connectivity index (χ3v) is 10.4. The molecular weight excluding hydrogens is 757 g/mol. The fourth-order valence-electron chi connectivity index (χ4n) is 6.64. The normalized spacial score (nSPS) is 12.8. The Morgan fingerprint density at radius 2 is 0.672 bits per heavy atom. The molecule has 0 aromatic carbocycles. The van der Waals surface area contributed by atoms with Crippen LogP contribution >= 0.6 is 0 Å². The summed E-state index contributed by atoms with van der Waals surface area (Å²) in [6.45, 7) is 6.38. The van der Waals surface area contributed by atoms with E-state index in [-0.39, 0.29) is 31.6 Å². The lowest BCUT2D eigenvalue weighted by molar-refractivity contribution is -0.166. The number of carbonyl (C=O) groups excluding carboxylic acids is 3. The zero-order chi connectivity index (χ0) is 44.4. The summed E-state index contributed by atoms with van der Waals surface area (Å²) in [6.07, 6.45) is 63.2. The summed E-state index contributed by atoms with van der Waals surface area (Å²) in [4.78, 5) is 37.7. The largest absolute Gasteiger partial charge is 0.462 e. The van der Waals surface area contributed by atoms with Crippen LogP contribution in [0.2, 0.25) is 0 Å². The molecule has 61 heavy (non-hydrogen) atoms. The molecule has 0 heterocycles. The molecule has 6 nitrogen and oxygen atoms in total. The van der Waals surface area contributed by atoms with Crippen LogP contribution in [0, 0.1) is 0 Å². The number of unbranched alkanes of at least 4 members (excludes halogenated alkanes) is 19. The van der Waals surface area contributed by atoms with E-state index in [1.54, 1.807) is 0 Å². The summed E-state index contributed by atoms with van der Waals surface area (Å²) in [5, 5.41) is 0. The minimum absolute atomic E-state index is 0.108. The topological polar surface area (TPSA) is 78.9 Å². The van der Waals surface area contributed by atoms with Crippen LogP contribution in [0.3, 0.4) is 0 Å². The molecule has 0 rings (SSSR count). The maximum absolute atomic E-state index is 12.7. The molecule has 0 saturated carbocycles. The molecule has 0 aliphatic heterocycles. The first-order valence-corrected chi connectivity index (χ1v) is 25.1. The van der Waals surface area contributed by atoms with E-state index >= 15 is 0 Å². The Hall–Kier alpha value is -3.41. The molecule has 0 aliphatic rings. The maximum Gasteiger partial charge on any atom is 0.306 e. The van der Waals surface area contributed by atoms with E-state index in [0.717, 1.165) is 83.5 Å². The van der Waals surface area contributed by atoms with E-state index in [2.05, 4.69) is 93.7 Å². The van der Waals surface area contributed by atoms with Crippen molar-refractivity contribution in [1.29, 1.82) is 0 Å². The van der Waals surface area contributed by atoms with Crippen molar-refractivity contribution >= 4 is 17.9 Å². The van der Waals surface area contributed by atoms with Crippen LogP contribution in [0.15, 0.2) is 85.1 Å². The molecule has 0 fully saturated rings. The Morgan fingerprint density at radius 3 is 1.07 bits per heavy atom. The van der Waals surface area contributed by atoms with Crippen molar-refractivity contribution in [1.82, 2.24) is 0 Å². The Kier molecular flexibility index (Phi) is 46.5. The standard InChI is InChI=1S/C55H92O6/c1-4-7-10-13-16-18-20-22-23-24-25-26-27-28-29-30-31-33-34-36-39-42-45-48-54(57)60-51-52(50-59-53(56)47-44-41-38-15-12-9-6-3)61-55(58)49-46-43-40-37-35-32-21-19-17-14-11-8-5-2/h8,11,17,19-20,22,24-25,27-28,32,35,40,43,52H,4-7,9-10,12-16,18,21,23,26,29-31,33-34,36-39,41-42,44-51H2,1-3H3/b11-8-,19-17-,22-20-,25-24-,28-27-,35-32-,43-40-. The van der Waals surface area contributed by atoms with Crippen LogP contribution < -0.4 is 0 Å². The summed E-state index contributed by atoms with van der Waals surface area (Å²) < 4.78 is 16.6. The van der Waals surface area contributed by atoms with Gasteiger partial charge in [-0.1, -0.05) is 209 Å². The van der Waals surface area contributed by atoms with E-state index < -0.39 is 12.1 Å². The molecule has 0 aliphatic carbocycles. The van der Waals surface area contributed by atoms with Gasteiger partial charge in [-0.3, -0.25) is 14.4 Å². The lowest BCUT2D eigenvalue weighted by atomic mass is 10.1. The van der Waals surface area contributed by atoms with Crippen molar-refractivity contribution in [3.8, 4) is 0 Å². The maximum atomic E-state index is 12.7. The summed E-state index contributed by atoms with van der Waals surface area (Å²) in [5.74, 6) is -1.01. The summed E-state index contributed by atoms with van der Waals surface area (Å²) in [7, 11) is 0. The number of carbonyl (C=O) groups is 3. The average Bonchev–Trinajstić information content (AvgIpc) is 3.26. The number of hydrogen-bond donors (Lipinski definition) is 0. The van der Waals surface area contributed by atoms with E-state index in [1.165, 1.54) is 96.3 Å². The van der Waals surface area contributed by atoms with Gasteiger partial charge >= 0.3 is 17.9 Å². The van der Waals surface area contributed by atoms with Crippen LogP contribution in [-0.4, -0.2) is 37.2 Å². The first-order chi connectivity index (χ1) is 30.0. The molecule has 0 spiro atoms. The number of hydrogen-bond acceptors (Lipinski definition) is 6. The Balaban J connectivity index is 4.29. The molecule has 0 saturated heterocycles. The lowest BCUT2D eigenvalue weighted by Gasteiger charge is -2.18. The van der Waals surface area contributed by atoms with Crippen LogP contribution in [0.1, 0.15) is 226 Å². The third kappa shape index (κ3) is 47.5. The SMILES string of the molecule is CC/C=C\C/C=C\C/C=C\C/C=C\CCC(=O)OC(COC(=O)CCCCCCCCC)COC(=O)CCCCCCCCCC/C=C\C/C=C\C/C=C\CCCCCCC. The number of esters is 3. The zero-order valence-corrected chi connectivity index (χ0v) is 39.7. The molecule has 0 N–H and O–H groups in total. The molecule has 0 radical (unpaired) electrons. The minimum Gasteiger partial charge on any atom is -0.462 e. The molecule has 1 unspecified atom stereocenters. The highest BCUT2D eigenvalue weighted by Crippen LogP contribution is 2.13. The molecule has 0 bridgehead atoms. The first-order valence-electron chi connectivity index (χ1n) is 25.1. The predicted octanol–water partition coefficient (Wildman–Crippen LogP) is 16.4. The number of ether oxygens (including phenoxy) is 3. The number of rotatable bonds is 44. The molecule has 0 aromatic rings. The second-order valence-corrected chi connectivity index (χ2v) is 16.3. The van der Waals surface area contributed by atoms with Gasteiger partial charge in [0.15, 0.2) is 6.10 Å². The van der Waals surface area contributed by atoms with Gasteiger partial charge in [0, 0.05) is 19.3 Å². The minimum atomic E-state index is -0.814. The van der Waals surface area contributed by atoms with Gasteiger partial charge in [-0.05, 0) is 83.5 Å². The highest BCUT2D eigenvalue weighted by molar-refractivity contribution is 5.71. The van der Waals surface area contributed by atoms with Crippen molar-refractivity contribution in [2.45, 2.75) is 232 Å².